The molecule has 7 heteroatoms. The lowest BCUT2D eigenvalue weighted by Crippen LogP contribution is -2.52. The third-order valence-electron chi connectivity index (χ3n) is 4.02. The monoisotopic (exact) mass is 296 g/mol. The number of esters is 1. The molecule has 0 aliphatic carbocycles. The van der Waals surface area contributed by atoms with Crippen molar-refractivity contribution in [3.63, 3.8) is 0 Å². The van der Waals surface area contributed by atoms with Crippen molar-refractivity contribution < 1.29 is 23.8 Å². The van der Waals surface area contributed by atoms with Crippen LogP contribution in [-0.4, -0.2) is 62.9 Å². The van der Waals surface area contributed by atoms with E-state index in [1.165, 1.54) is 7.11 Å². The molecule has 1 amide bonds. The van der Waals surface area contributed by atoms with Gasteiger partial charge in [0.15, 0.2) is 0 Å². The van der Waals surface area contributed by atoms with Gasteiger partial charge in [-0.2, -0.15) is 5.26 Å². The zero-order chi connectivity index (χ0) is 15.3. The molecule has 1 atom stereocenters. The molecule has 0 saturated carbocycles. The molecule has 0 N–H and O–H groups in total. The van der Waals surface area contributed by atoms with Crippen LogP contribution < -0.4 is 0 Å². The summed E-state index contributed by atoms with van der Waals surface area (Å²) in [4.78, 5) is 25.6. The normalized spacial score (nSPS) is 25.0. The molecule has 2 saturated heterocycles. The minimum Gasteiger partial charge on any atom is -0.469 e. The maximum Gasteiger partial charge on any atom is 0.308 e. The van der Waals surface area contributed by atoms with Crippen LogP contribution in [0.3, 0.4) is 0 Å². The lowest BCUT2D eigenvalue weighted by Gasteiger charge is -2.38. The van der Waals surface area contributed by atoms with E-state index in [4.69, 9.17) is 9.47 Å². The van der Waals surface area contributed by atoms with E-state index < -0.39 is 5.41 Å². The van der Waals surface area contributed by atoms with Crippen molar-refractivity contribution in [3.05, 3.63) is 0 Å². The number of morpholine rings is 1. The predicted octanol–water partition coefficient (Wildman–Crippen LogP) is 0.0973. The fourth-order valence-corrected chi connectivity index (χ4v) is 2.69. The molecular formula is C14H20N2O5. The third kappa shape index (κ3) is 3.52. The van der Waals surface area contributed by atoms with E-state index >= 15 is 0 Å². The number of carbonyl (C=O) groups excluding carboxylic acids is 2. The van der Waals surface area contributed by atoms with Gasteiger partial charge in [0.25, 0.3) is 0 Å². The second-order valence-corrected chi connectivity index (χ2v) is 5.33. The number of methoxy groups -OCH3 is 1. The standard InChI is InChI=1S/C14H20N2O5/c1-19-12(17)8-11-9-16(4-7-21-11)13(18)14(10-15)2-5-20-6-3-14/h11H,2-9H2,1H3. The predicted molar refractivity (Wildman–Crippen MR) is 71.1 cm³/mol. The zero-order valence-electron chi connectivity index (χ0n) is 12.2. The Morgan fingerprint density at radius 3 is 2.71 bits per heavy atom. The van der Waals surface area contributed by atoms with Gasteiger partial charge >= 0.3 is 5.97 Å². The van der Waals surface area contributed by atoms with Gasteiger partial charge in [-0.15, -0.1) is 0 Å². The maximum atomic E-state index is 12.7. The summed E-state index contributed by atoms with van der Waals surface area (Å²) in [5, 5.41) is 9.43. The first-order valence-electron chi connectivity index (χ1n) is 7.08. The fourth-order valence-electron chi connectivity index (χ4n) is 2.69. The van der Waals surface area contributed by atoms with Crippen molar-refractivity contribution in [1.29, 1.82) is 5.26 Å². The van der Waals surface area contributed by atoms with Gasteiger partial charge in [-0.1, -0.05) is 0 Å². The molecule has 2 fully saturated rings. The van der Waals surface area contributed by atoms with Crippen LogP contribution in [0.2, 0.25) is 0 Å². The minimum absolute atomic E-state index is 0.114. The van der Waals surface area contributed by atoms with Gasteiger partial charge in [-0.25, -0.2) is 0 Å². The van der Waals surface area contributed by atoms with Crippen LogP contribution in [0.25, 0.3) is 0 Å². The molecule has 116 valence electrons. The Morgan fingerprint density at radius 1 is 1.38 bits per heavy atom. The number of nitrogens with zero attached hydrogens (tertiary/aromatic N) is 2. The number of hydrogen-bond donors (Lipinski definition) is 0. The van der Waals surface area contributed by atoms with Crippen LogP contribution in [0.5, 0.6) is 0 Å². The summed E-state index contributed by atoms with van der Waals surface area (Å²) < 4.78 is 15.3. The van der Waals surface area contributed by atoms with Crippen LogP contribution in [-0.2, 0) is 23.8 Å². The van der Waals surface area contributed by atoms with Crippen molar-refractivity contribution in [1.82, 2.24) is 4.90 Å². The maximum absolute atomic E-state index is 12.7. The Bertz CT molecular complexity index is 439. The number of hydrogen-bond acceptors (Lipinski definition) is 6. The third-order valence-corrected chi connectivity index (χ3v) is 4.02. The zero-order valence-corrected chi connectivity index (χ0v) is 12.2. The van der Waals surface area contributed by atoms with E-state index in [0.29, 0.717) is 45.8 Å². The smallest absolute Gasteiger partial charge is 0.308 e. The first-order valence-corrected chi connectivity index (χ1v) is 7.08. The highest BCUT2D eigenvalue weighted by Crippen LogP contribution is 2.32. The molecule has 2 heterocycles. The summed E-state index contributed by atoms with van der Waals surface area (Å²) in [5.74, 6) is -0.540. The summed E-state index contributed by atoms with van der Waals surface area (Å²) in [6.07, 6.45) is 0.580. The number of ether oxygens (including phenoxy) is 3. The number of amides is 1. The molecule has 7 nitrogen and oxygen atoms in total. The van der Waals surface area contributed by atoms with Crippen LogP contribution in [0, 0.1) is 16.7 Å². The average Bonchev–Trinajstić information content (AvgIpc) is 2.55. The van der Waals surface area contributed by atoms with Crippen molar-refractivity contribution in [2.75, 3.05) is 40.0 Å². The molecule has 0 spiro atoms. The lowest BCUT2D eigenvalue weighted by molar-refractivity contribution is -0.155. The molecular weight excluding hydrogens is 276 g/mol. The molecule has 0 aromatic carbocycles. The van der Waals surface area contributed by atoms with Gasteiger partial charge in [0.1, 0.15) is 5.41 Å². The average molecular weight is 296 g/mol. The SMILES string of the molecule is COC(=O)CC1CN(C(=O)C2(C#N)CCOCC2)CCO1. The summed E-state index contributed by atoms with van der Waals surface area (Å²) in [6, 6.07) is 2.18. The molecule has 1 unspecified atom stereocenters. The quantitative estimate of drug-likeness (QED) is 0.686. The van der Waals surface area contributed by atoms with Crippen LogP contribution >= 0.6 is 0 Å². The van der Waals surface area contributed by atoms with Crippen molar-refractivity contribution >= 4 is 11.9 Å². The molecule has 21 heavy (non-hydrogen) atoms. The van der Waals surface area contributed by atoms with Crippen molar-refractivity contribution in [2.45, 2.75) is 25.4 Å². The van der Waals surface area contributed by atoms with Crippen molar-refractivity contribution in [2.24, 2.45) is 5.41 Å². The van der Waals surface area contributed by atoms with Gasteiger partial charge in [0.05, 0.1) is 32.3 Å². The van der Waals surface area contributed by atoms with E-state index in [9.17, 15) is 14.9 Å². The van der Waals surface area contributed by atoms with Crippen LogP contribution in [0.1, 0.15) is 19.3 Å². The molecule has 0 aromatic rings. The Balaban J connectivity index is 2.01. The van der Waals surface area contributed by atoms with Gasteiger partial charge in [-0.05, 0) is 12.8 Å². The molecule has 2 aliphatic rings. The first kappa shape index (κ1) is 15.7. The van der Waals surface area contributed by atoms with Crippen molar-refractivity contribution in [3.8, 4) is 6.07 Å². The molecule has 0 bridgehead atoms. The molecule has 0 radical (unpaired) electrons. The Labute approximate surface area is 123 Å². The van der Waals surface area contributed by atoms with E-state index in [2.05, 4.69) is 10.8 Å². The summed E-state index contributed by atoms with van der Waals surface area (Å²) in [7, 11) is 1.32. The number of nitriles is 1. The number of carbonyl (C=O) groups is 2. The summed E-state index contributed by atoms with van der Waals surface area (Å²) in [5.41, 5.74) is -0.995. The highest BCUT2D eigenvalue weighted by Gasteiger charge is 2.44. The van der Waals surface area contributed by atoms with E-state index in [1.807, 2.05) is 0 Å². The Morgan fingerprint density at radius 2 is 2.10 bits per heavy atom. The highest BCUT2D eigenvalue weighted by molar-refractivity contribution is 5.85. The fraction of sp³-hybridized carbons (Fsp3) is 0.786. The largest absolute Gasteiger partial charge is 0.469 e. The minimum atomic E-state index is -0.995. The topological polar surface area (TPSA) is 88.9 Å². The lowest BCUT2D eigenvalue weighted by atomic mass is 9.80. The Kier molecular flexibility index (Phi) is 5.15. The molecule has 2 rings (SSSR count). The van der Waals surface area contributed by atoms with E-state index in [0.717, 1.165) is 0 Å². The van der Waals surface area contributed by atoms with Gasteiger partial charge < -0.3 is 19.1 Å². The van der Waals surface area contributed by atoms with E-state index in [-0.39, 0.29) is 24.4 Å². The highest BCUT2D eigenvalue weighted by atomic mass is 16.5. The van der Waals surface area contributed by atoms with E-state index in [1.54, 1.807) is 4.90 Å². The first-order chi connectivity index (χ1) is 10.1. The van der Waals surface area contributed by atoms with Gasteiger partial charge in [0.2, 0.25) is 5.91 Å². The van der Waals surface area contributed by atoms with Crippen LogP contribution in [0.15, 0.2) is 0 Å². The van der Waals surface area contributed by atoms with Crippen LogP contribution in [0.4, 0.5) is 0 Å². The second-order valence-electron chi connectivity index (χ2n) is 5.33. The van der Waals surface area contributed by atoms with Gasteiger partial charge in [0, 0.05) is 26.3 Å². The second kappa shape index (κ2) is 6.87. The van der Waals surface area contributed by atoms with Gasteiger partial charge in [-0.3, -0.25) is 9.59 Å². The molecule has 2 aliphatic heterocycles. The summed E-state index contributed by atoms with van der Waals surface area (Å²) in [6.45, 7) is 1.98. The summed E-state index contributed by atoms with van der Waals surface area (Å²) >= 11 is 0. The number of rotatable bonds is 3. The Hall–Kier alpha value is -1.65. The molecule has 0 aromatic heterocycles.